The molecule has 7 heteroatoms. The SMILES string of the molecule is O=C1CCC(N2Cc3cc(O[C@H]4CCCC[C@H]4N(Cc4ccccc4)Cc4ccccc4)ccc3C2=O)C(O)=[NH+]1. The minimum Gasteiger partial charge on any atom is -0.489 e. The summed E-state index contributed by atoms with van der Waals surface area (Å²) in [4.78, 5) is 31.5. The molecule has 6 rings (SSSR count). The quantitative estimate of drug-likeness (QED) is 0.456. The Morgan fingerprint density at radius 2 is 1.55 bits per heavy atom. The van der Waals surface area contributed by atoms with E-state index in [1.807, 2.05) is 18.2 Å². The fraction of sp³-hybridized carbons (Fsp3) is 0.364. The van der Waals surface area contributed by atoms with Crippen LogP contribution in [0.1, 0.15) is 65.6 Å². The average Bonchev–Trinajstić information content (AvgIpc) is 3.29. The zero-order valence-electron chi connectivity index (χ0n) is 22.7. The standard InChI is InChI=1S/C33H35N3O4/c37-31-18-17-29(32(38)34-31)36-22-25-19-26(15-16-27(25)33(36)39)40-30-14-8-7-13-28(30)35(20-23-9-3-1-4-10-23)21-24-11-5-2-6-12-24/h1-6,9-12,15-16,19,28-30H,7-8,13-14,17-18,20-22H2,(H,34,37,38)/p+1/t28-,29?,30+/m1/s1. The second-order valence-corrected chi connectivity index (χ2v) is 11.1. The van der Waals surface area contributed by atoms with E-state index >= 15 is 0 Å². The van der Waals surface area contributed by atoms with Gasteiger partial charge in [-0.15, -0.1) is 4.99 Å². The lowest BCUT2D eigenvalue weighted by Gasteiger charge is -2.40. The van der Waals surface area contributed by atoms with Crippen molar-refractivity contribution in [3.8, 4) is 5.75 Å². The predicted molar refractivity (Wildman–Crippen MR) is 152 cm³/mol. The van der Waals surface area contributed by atoms with Crippen LogP contribution < -0.4 is 9.73 Å². The van der Waals surface area contributed by atoms with Crippen molar-refractivity contribution >= 4 is 17.7 Å². The molecule has 2 amide bonds. The lowest BCUT2D eigenvalue weighted by Crippen LogP contribution is -2.82. The highest BCUT2D eigenvalue weighted by molar-refractivity contribution is 6.01. The predicted octanol–water partition coefficient (Wildman–Crippen LogP) is 3.76. The number of fused-ring (bicyclic) bond motifs is 1. The molecule has 0 aromatic heterocycles. The van der Waals surface area contributed by atoms with Gasteiger partial charge in [0.15, 0.2) is 6.04 Å². The van der Waals surface area contributed by atoms with E-state index in [1.165, 1.54) is 17.5 Å². The molecule has 1 aliphatic carbocycles. The van der Waals surface area contributed by atoms with Crippen LogP contribution in [0.2, 0.25) is 0 Å². The van der Waals surface area contributed by atoms with Crippen molar-refractivity contribution in [2.24, 2.45) is 0 Å². The van der Waals surface area contributed by atoms with Crippen molar-refractivity contribution in [1.29, 1.82) is 0 Å². The zero-order valence-corrected chi connectivity index (χ0v) is 22.7. The summed E-state index contributed by atoms with van der Waals surface area (Å²) in [6.45, 7) is 2.09. The Morgan fingerprint density at radius 1 is 0.875 bits per heavy atom. The van der Waals surface area contributed by atoms with Gasteiger partial charge in [-0.1, -0.05) is 67.1 Å². The number of hydrogen-bond donors (Lipinski definition) is 2. The number of hydrogen-bond acceptors (Lipinski definition) is 4. The first-order chi connectivity index (χ1) is 19.5. The van der Waals surface area contributed by atoms with Gasteiger partial charge >= 0.3 is 11.8 Å². The Balaban J connectivity index is 1.21. The third-order valence-electron chi connectivity index (χ3n) is 8.39. The molecule has 1 fully saturated rings. The molecular weight excluding hydrogens is 502 g/mol. The third kappa shape index (κ3) is 5.65. The molecule has 0 spiro atoms. The smallest absolute Gasteiger partial charge is 0.388 e. The summed E-state index contributed by atoms with van der Waals surface area (Å²) >= 11 is 0. The molecule has 2 heterocycles. The Kier molecular flexibility index (Phi) is 7.64. The highest BCUT2D eigenvalue weighted by atomic mass is 16.5. The number of benzene rings is 3. The maximum Gasteiger partial charge on any atom is 0.388 e. The summed E-state index contributed by atoms with van der Waals surface area (Å²) in [5.41, 5.74) is 4.10. The van der Waals surface area contributed by atoms with Crippen LogP contribution in [0.5, 0.6) is 5.75 Å². The van der Waals surface area contributed by atoms with Gasteiger partial charge < -0.3 is 14.7 Å². The highest BCUT2D eigenvalue weighted by Gasteiger charge is 2.41. The van der Waals surface area contributed by atoms with Gasteiger partial charge in [0, 0.05) is 31.2 Å². The van der Waals surface area contributed by atoms with E-state index < -0.39 is 6.04 Å². The second kappa shape index (κ2) is 11.6. The van der Waals surface area contributed by atoms with E-state index in [0.717, 1.165) is 43.7 Å². The third-order valence-corrected chi connectivity index (χ3v) is 8.39. The topological polar surface area (TPSA) is 84.0 Å². The van der Waals surface area contributed by atoms with Crippen molar-refractivity contribution in [3.63, 3.8) is 0 Å². The van der Waals surface area contributed by atoms with E-state index in [4.69, 9.17) is 4.74 Å². The van der Waals surface area contributed by atoms with E-state index in [-0.39, 0.29) is 36.3 Å². The molecule has 3 aromatic rings. The van der Waals surface area contributed by atoms with Gasteiger partial charge in [-0.25, -0.2) is 4.79 Å². The normalized spacial score (nSPS) is 22.8. The molecule has 206 valence electrons. The first-order valence-corrected chi connectivity index (χ1v) is 14.3. The van der Waals surface area contributed by atoms with Gasteiger partial charge in [-0.2, -0.15) is 0 Å². The van der Waals surface area contributed by atoms with Gasteiger partial charge in [-0.05, 0) is 60.6 Å². The molecule has 3 aromatic carbocycles. The van der Waals surface area contributed by atoms with Gasteiger partial charge in [0.2, 0.25) is 0 Å². The fourth-order valence-electron chi connectivity index (χ4n) is 6.37. The molecule has 1 unspecified atom stereocenters. The zero-order chi connectivity index (χ0) is 27.5. The molecule has 40 heavy (non-hydrogen) atoms. The second-order valence-electron chi connectivity index (χ2n) is 11.1. The minimum absolute atomic E-state index is 0.0402. The van der Waals surface area contributed by atoms with Crippen LogP contribution >= 0.6 is 0 Å². The molecule has 7 nitrogen and oxygen atoms in total. The summed E-state index contributed by atoms with van der Waals surface area (Å²) in [5.74, 6) is 0.288. The fourth-order valence-corrected chi connectivity index (χ4v) is 6.37. The van der Waals surface area contributed by atoms with E-state index in [9.17, 15) is 14.7 Å². The number of carbonyl (C=O) groups excluding carboxylic acids is 2. The molecule has 0 bridgehead atoms. The van der Waals surface area contributed by atoms with Crippen molar-refractivity contribution in [2.75, 3.05) is 0 Å². The van der Waals surface area contributed by atoms with Gasteiger partial charge in [0.05, 0.1) is 6.42 Å². The molecule has 1 saturated carbocycles. The number of carbonyl (C=O) groups is 2. The molecule has 2 N–H and O–H groups in total. The molecular formula is C33H36N3O4+. The lowest BCUT2D eigenvalue weighted by molar-refractivity contribution is -0.394. The number of rotatable bonds is 8. The van der Waals surface area contributed by atoms with Crippen LogP contribution in [0.4, 0.5) is 0 Å². The van der Waals surface area contributed by atoms with Crippen LogP contribution in [-0.4, -0.2) is 50.8 Å². The Labute approximate surface area is 235 Å². The van der Waals surface area contributed by atoms with Crippen LogP contribution in [0.3, 0.4) is 0 Å². The molecule has 3 aliphatic rings. The first-order valence-electron chi connectivity index (χ1n) is 14.3. The summed E-state index contributed by atoms with van der Waals surface area (Å²) in [5, 5.41) is 10.3. The van der Waals surface area contributed by atoms with Crippen molar-refractivity contribution < 1.29 is 24.4 Å². The Morgan fingerprint density at radius 3 is 2.23 bits per heavy atom. The van der Waals surface area contributed by atoms with Crippen molar-refractivity contribution in [2.45, 2.75) is 76.3 Å². The average molecular weight is 539 g/mol. The molecule has 0 radical (unpaired) electrons. The number of aliphatic hydroxyl groups is 1. The van der Waals surface area contributed by atoms with E-state index in [2.05, 4.69) is 70.6 Å². The van der Waals surface area contributed by atoms with Crippen molar-refractivity contribution in [1.82, 2.24) is 9.80 Å². The lowest BCUT2D eigenvalue weighted by atomic mass is 9.90. The largest absolute Gasteiger partial charge is 0.489 e. The summed E-state index contributed by atoms with van der Waals surface area (Å²) in [6.07, 6.45) is 5.11. The number of nitrogens with zero attached hydrogens (tertiary/aromatic N) is 2. The summed E-state index contributed by atoms with van der Waals surface area (Å²) in [7, 11) is 0. The van der Waals surface area contributed by atoms with Crippen molar-refractivity contribution in [3.05, 3.63) is 101 Å². The Hall–Kier alpha value is -3.97. The number of ether oxygens (including phenoxy) is 1. The maximum absolute atomic E-state index is 13.2. The van der Waals surface area contributed by atoms with Gasteiger partial charge in [0.25, 0.3) is 5.91 Å². The summed E-state index contributed by atoms with van der Waals surface area (Å²) in [6, 6.07) is 26.7. The first kappa shape index (κ1) is 26.3. The number of nitrogens with one attached hydrogen (secondary N) is 1. The van der Waals surface area contributed by atoms with E-state index in [1.54, 1.807) is 4.90 Å². The summed E-state index contributed by atoms with van der Waals surface area (Å²) < 4.78 is 6.72. The Bertz CT molecular complexity index is 1350. The van der Waals surface area contributed by atoms with Crippen LogP contribution in [-0.2, 0) is 24.4 Å². The maximum atomic E-state index is 13.2. The number of aliphatic hydroxyl groups excluding tert-OH is 1. The van der Waals surface area contributed by atoms with Gasteiger partial charge in [-0.3, -0.25) is 9.69 Å². The van der Waals surface area contributed by atoms with E-state index in [0.29, 0.717) is 18.5 Å². The van der Waals surface area contributed by atoms with Crippen LogP contribution in [0.25, 0.3) is 0 Å². The monoisotopic (exact) mass is 538 g/mol. The molecule has 2 aliphatic heterocycles. The molecule has 3 atom stereocenters. The van der Waals surface area contributed by atoms with Gasteiger partial charge in [0.1, 0.15) is 11.9 Å². The number of amides is 2. The minimum atomic E-state index is -0.505. The van der Waals surface area contributed by atoms with Crippen LogP contribution in [0, 0.1) is 0 Å². The van der Waals surface area contributed by atoms with Crippen LogP contribution in [0.15, 0.2) is 78.9 Å². The highest BCUT2D eigenvalue weighted by Crippen LogP contribution is 2.33. The molecule has 0 saturated heterocycles.